The molecule has 1 unspecified atom stereocenters. The van der Waals surface area contributed by atoms with Crippen molar-refractivity contribution in [2.45, 2.75) is 226 Å². The van der Waals surface area contributed by atoms with Crippen molar-refractivity contribution >= 4 is 17.9 Å². The summed E-state index contributed by atoms with van der Waals surface area (Å²) in [6.07, 6.45) is 61.3. The van der Waals surface area contributed by atoms with Crippen LogP contribution in [-0.2, 0) is 28.6 Å². The van der Waals surface area contributed by atoms with Crippen molar-refractivity contribution in [3.63, 3.8) is 0 Å². The molecule has 0 saturated carbocycles. The third-order valence-corrected chi connectivity index (χ3v) is 10.2. The Kier molecular flexibility index (Phi) is 45.5. The molecular formula is C54H90O6. The number of carbonyl (C=O) groups excluding carboxylic acids is 3. The lowest BCUT2D eigenvalue weighted by atomic mass is 10.1. The first-order valence-electron chi connectivity index (χ1n) is 24.6. The fourth-order valence-corrected chi connectivity index (χ4v) is 6.53. The van der Waals surface area contributed by atoms with E-state index in [4.69, 9.17) is 14.2 Å². The fraction of sp³-hybridized carbons (Fsp3) is 0.685. The maximum Gasteiger partial charge on any atom is 0.306 e. The Labute approximate surface area is 369 Å². The van der Waals surface area contributed by atoms with Crippen LogP contribution in [0.4, 0.5) is 0 Å². The Morgan fingerprint density at radius 2 is 0.733 bits per heavy atom. The maximum atomic E-state index is 12.8. The van der Waals surface area contributed by atoms with Crippen LogP contribution in [0.15, 0.2) is 85.1 Å². The zero-order valence-corrected chi connectivity index (χ0v) is 38.9. The van der Waals surface area contributed by atoms with Crippen LogP contribution in [0.5, 0.6) is 0 Å². The third kappa shape index (κ3) is 45.7. The number of carbonyl (C=O) groups is 3. The van der Waals surface area contributed by atoms with Crippen LogP contribution in [0, 0.1) is 0 Å². The van der Waals surface area contributed by atoms with E-state index in [-0.39, 0.29) is 31.1 Å². The molecule has 0 aliphatic rings. The van der Waals surface area contributed by atoms with Gasteiger partial charge in [0, 0.05) is 19.3 Å². The molecule has 60 heavy (non-hydrogen) atoms. The Morgan fingerprint density at radius 1 is 0.367 bits per heavy atom. The second-order valence-corrected chi connectivity index (χ2v) is 16.0. The van der Waals surface area contributed by atoms with Crippen LogP contribution in [0.3, 0.4) is 0 Å². The molecule has 6 nitrogen and oxygen atoms in total. The zero-order chi connectivity index (χ0) is 43.7. The second-order valence-electron chi connectivity index (χ2n) is 16.0. The summed E-state index contributed by atoms with van der Waals surface area (Å²) in [4.78, 5) is 37.9. The van der Waals surface area contributed by atoms with Crippen LogP contribution in [-0.4, -0.2) is 37.2 Å². The molecule has 0 aromatic carbocycles. The highest BCUT2D eigenvalue weighted by Gasteiger charge is 2.19. The minimum absolute atomic E-state index is 0.0933. The van der Waals surface area contributed by atoms with Gasteiger partial charge in [0.15, 0.2) is 6.10 Å². The fourth-order valence-electron chi connectivity index (χ4n) is 6.53. The van der Waals surface area contributed by atoms with E-state index >= 15 is 0 Å². The van der Waals surface area contributed by atoms with Gasteiger partial charge in [-0.2, -0.15) is 0 Å². The van der Waals surface area contributed by atoms with E-state index in [0.29, 0.717) is 19.3 Å². The summed E-state index contributed by atoms with van der Waals surface area (Å²) in [7, 11) is 0. The first-order valence-corrected chi connectivity index (χ1v) is 24.6. The van der Waals surface area contributed by atoms with Crippen molar-refractivity contribution in [2.75, 3.05) is 13.2 Å². The largest absolute Gasteiger partial charge is 0.462 e. The molecule has 0 bridgehead atoms. The smallest absolute Gasteiger partial charge is 0.306 e. The summed E-state index contributed by atoms with van der Waals surface area (Å²) in [5.41, 5.74) is 0. The monoisotopic (exact) mass is 835 g/mol. The summed E-state index contributed by atoms with van der Waals surface area (Å²) >= 11 is 0. The van der Waals surface area contributed by atoms with Gasteiger partial charge in [-0.3, -0.25) is 14.4 Å². The Hall–Kier alpha value is -3.41. The molecule has 0 N–H and O–H groups in total. The number of ether oxygens (including phenoxy) is 3. The summed E-state index contributed by atoms with van der Waals surface area (Å²) in [6, 6.07) is 0. The Balaban J connectivity index is 4.44. The molecular weight excluding hydrogens is 745 g/mol. The minimum Gasteiger partial charge on any atom is -0.462 e. The molecule has 1 atom stereocenters. The number of esters is 3. The van der Waals surface area contributed by atoms with Crippen molar-refractivity contribution in [1.29, 1.82) is 0 Å². The predicted molar refractivity (Wildman–Crippen MR) is 256 cm³/mol. The molecule has 0 radical (unpaired) electrons. The number of allylic oxidation sites excluding steroid dienone is 14. The average molecular weight is 835 g/mol. The van der Waals surface area contributed by atoms with Gasteiger partial charge in [0.1, 0.15) is 13.2 Å². The normalized spacial score (nSPS) is 12.8. The molecule has 342 valence electrons. The lowest BCUT2D eigenvalue weighted by Gasteiger charge is -2.18. The van der Waals surface area contributed by atoms with Crippen LogP contribution in [0.2, 0.25) is 0 Å². The van der Waals surface area contributed by atoms with E-state index in [0.717, 1.165) is 116 Å². The molecule has 0 spiro atoms. The minimum atomic E-state index is -0.793. The van der Waals surface area contributed by atoms with E-state index in [1.54, 1.807) is 0 Å². The van der Waals surface area contributed by atoms with Crippen LogP contribution >= 0.6 is 0 Å². The van der Waals surface area contributed by atoms with Crippen molar-refractivity contribution < 1.29 is 28.6 Å². The number of rotatable bonds is 43. The Morgan fingerprint density at radius 3 is 1.20 bits per heavy atom. The van der Waals surface area contributed by atoms with Gasteiger partial charge in [-0.05, 0) is 89.9 Å². The van der Waals surface area contributed by atoms with E-state index in [1.165, 1.54) is 64.2 Å². The third-order valence-electron chi connectivity index (χ3n) is 10.2. The average Bonchev–Trinajstić information content (AvgIpc) is 3.24. The molecule has 0 aromatic rings. The lowest BCUT2D eigenvalue weighted by molar-refractivity contribution is -0.167. The van der Waals surface area contributed by atoms with Gasteiger partial charge < -0.3 is 14.2 Å². The standard InChI is InChI=1S/C54H90O6/c1-4-7-10-13-16-19-22-25-27-29-32-35-38-41-44-47-53(56)59-50-51(49-58-52(55)46-43-40-37-34-31-24-21-18-15-12-9-6-3)60-54(57)48-45-42-39-36-33-30-28-26-23-20-17-14-11-8-5-2/h7,9-10,12-13,16-23,26,51H,4-6,8,11,14-15,24-25,27-50H2,1-3H3/b10-7-,12-9-,16-13-,20-17-,21-18-,22-19-,26-23-. The highest BCUT2D eigenvalue weighted by atomic mass is 16.6. The number of hydrogen-bond acceptors (Lipinski definition) is 6. The SMILES string of the molecule is CC\C=C/C=C\C=C/CCCCCCCCCC(=O)OCC(COC(=O)CCCCCCC/C=C\C/C=C\CC)OC(=O)CCCCCCCC/C=C\C=C/CCCCC. The zero-order valence-electron chi connectivity index (χ0n) is 38.9. The predicted octanol–water partition coefficient (Wildman–Crippen LogP) is 16.0. The van der Waals surface area contributed by atoms with Crippen molar-refractivity contribution in [1.82, 2.24) is 0 Å². The topological polar surface area (TPSA) is 78.9 Å². The molecule has 0 aromatic heterocycles. The maximum absolute atomic E-state index is 12.8. The first kappa shape index (κ1) is 56.6. The van der Waals surface area contributed by atoms with Crippen molar-refractivity contribution in [2.24, 2.45) is 0 Å². The van der Waals surface area contributed by atoms with Gasteiger partial charge >= 0.3 is 17.9 Å². The van der Waals surface area contributed by atoms with E-state index in [2.05, 4.69) is 106 Å². The molecule has 0 amide bonds. The first-order chi connectivity index (χ1) is 29.5. The van der Waals surface area contributed by atoms with Gasteiger partial charge in [-0.25, -0.2) is 0 Å². The van der Waals surface area contributed by atoms with Crippen LogP contribution < -0.4 is 0 Å². The van der Waals surface area contributed by atoms with Gasteiger partial charge in [0.2, 0.25) is 0 Å². The van der Waals surface area contributed by atoms with Gasteiger partial charge in [0.25, 0.3) is 0 Å². The molecule has 0 aliphatic carbocycles. The number of unbranched alkanes of at least 4 members (excludes halogenated alkanes) is 21. The summed E-state index contributed by atoms with van der Waals surface area (Å²) in [5, 5.41) is 0. The highest BCUT2D eigenvalue weighted by molar-refractivity contribution is 5.71. The van der Waals surface area contributed by atoms with E-state index in [9.17, 15) is 14.4 Å². The van der Waals surface area contributed by atoms with Crippen molar-refractivity contribution in [3.05, 3.63) is 85.1 Å². The molecule has 6 heteroatoms. The highest BCUT2D eigenvalue weighted by Crippen LogP contribution is 2.14. The quantitative estimate of drug-likeness (QED) is 0.0200. The van der Waals surface area contributed by atoms with Crippen LogP contribution in [0.25, 0.3) is 0 Å². The summed E-state index contributed by atoms with van der Waals surface area (Å²) in [5.74, 6) is -0.935. The second kappa shape index (κ2) is 48.3. The molecule has 0 rings (SSSR count). The molecule has 0 fully saturated rings. The van der Waals surface area contributed by atoms with Crippen molar-refractivity contribution in [3.8, 4) is 0 Å². The van der Waals surface area contributed by atoms with Gasteiger partial charge in [-0.15, -0.1) is 0 Å². The molecule has 0 aliphatic heterocycles. The van der Waals surface area contributed by atoms with Gasteiger partial charge in [0.05, 0.1) is 0 Å². The molecule has 0 heterocycles. The summed E-state index contributed by atoms with van der Waals surface area (Å²) in [6.45, 7) is 6.32. The van der Waals surface area contributed by atoms with E-state index in [1.807, 2.05) is 0 Å². The van der Waals surface area contributed by atoms with Crippen LogP contribution in [0.1, 0.15) is 220 Å². The van der Waals surface area contributed by atoms with Gasteiger partial charge in [-0.1, -0.05) is 196 Å². The lowest BCUT2D eigenvalue weighted by Crippen LogP contribution is -2.30. The number of hydrogen-bond donors (Lipinski definition) is 0. The molecule has 0 saturated heterocycles. The summed E-state index contributed by atoms with van der Waals surface area (Å²) < 4.78 is 16.7. The Bertz CT molecular complexity index is 1190. The van der Waals surface area contributed by atoms with E-state index < -0.39 is 6.10 Å².